The van der Waals surface area contributed by atoms with Gasteiger partial charge < -0.3 is 10.1 Å². The number of halogens is 1. The largest absolute Gasteiger partial charge is 0.372 e. The fourth-order valence-electron chi connectivity index (χ4n) is 2.53. The number of ether oxygens (including phenoxy) is 1. The summed E-state index contributed by atoms with van der Waals surface area (Å²) >= 11 is 3.39. The highest BCUT2D eigenvalue weighted by Gasteiger charge is 2.19. The summed E-state index contributed by atoms with van der Waals surface area (Å²) < 4.78 is 6.75. The monoisotopic (exact) mass is 332 g/mol. The Morgan fingerprint density at radius 1 is 1.20 bits per heavy atom. The number of benzene rings is 1. The molecule has 1 aromatic carbocycles. The summed E-state index contributed by atoms with van der Waals surface area (Å²) in [4.78, 5) is 4.41. The molecule has 0 saturated heterocycles. The summed E-state index contributed by atoms with van der Waals surface area (Å²) in [7, 11) is 0. The maximum atomic E-state index is 5.87. The number of nitrogens with zero attached hydrogens (tertiary/aromatic N) is 1. The molecule has 1 N–H and O–H groups in total. The SMILES string of the molecule is Brc1cccc(CNCC2OCCc3ccccc32)n1. The van der Waals surface area contributed by atoms with Gasteiger partial charge in [0, 0.05) is 13.1 Å². The minimum atomic E-state index is 0.145. The molecule has 4 heteroatoms. The third kappa shape index (κ3) is 3.26. The molecule has 0 fully saturated rings. The van der Waals surface area contributed by atoms with Crippen LogP contribution in [-0.4, -0.2) is 18.1 Å². The number of aromatic nitrogens is 1. The molecule has 0 spiro atoms. The van der Waals surface area contributed by atoms with Crippen LogP contribution in [0.25, 0.3) is 0 Å². The van der Waals surface area contributed by atoms with E-state index in [1.54, 1.807) is 0 Å². The standard InChI is InChI=1S/C16H17BrN2O/c17-16-7-3-5-13(19-16)10-18-11-15-14-6-2-1-4-12(14)8-9-20-15/h1-7,15,18H,8-11H2. The van der Waals surface area contributed by atoms with E-state index in [9.17, 15) is 0 Å². The zero-order valence-corrected chi connectivity index (χ0v) is 12.8. The number of nitrogens with one attached hydrogen (secondary N) is 1. The van der Waals surface area contributed by atoms with Crippen molar-refractivity contribution in [3.8, 4) is 0 Å². The molecule has 20 heavy (non-hydrogen) atoms. The minimum Gasteiger partial charge on any atom is -0.372 e. The van der Waals surface area contributed by atoms with Crippen LogP contribution < -0.4 is 5.32 Å². The molecule has 0 amide bonds. The van der Waals surface area contributed by atoms with Crippen LogP contribution in [0.5, 0.6) is 0 Å². The van der Waals surface area contributed by atoms with Crippen molar-refractivity contribution in [3.63, 3.8) is 0 Å². The van der Waals surface area contributed by atoms with E-state index in [0.29, 0.717) is 0 Å². The lowest BCUT2D eigenvalue weighted by atomic mass is 9.97. The van der Waals surface area contributed by atoms with E-state index in [1.165, 1.54) is 11.1 Å². The number of pyridine rings is 1. The van der Waals surface area contributed by atoms with Crippen LogP contribution in [0, 0.1) is 0 Å². The Hall–Kier alpha value is -1.23. The van der Waals surface area contributed by atoms with E-state index in [2.05, 4.69) is 50.5 Å². The Bertz CT molecular complexity index is 588. The van der Waals surface area contributed by atoms with Gasteiger partial charge in [0.15, 0.2) is 0 Å². The van der Waals surface area contributed by atoms with Gasteiger partial charge in [0.05, 0.1) is 18.4 Å². The molecule has 3 nitrogen and oxygen atoms in total. The predicted molar refractivity (Wildman–Crippen MR) is 82.5 cm³/mol. The average molecular weight is 333 g/mol. The molecule has 2 aromatic rings. The maximum absolute atomic E-state index is 5.87. The Balaban J connectivity index is 1.60. The number of fused-ring (bicyclic) bond motifs is 1. The zero-order chi connectivity index (χ0) is 13.8. The van der Waals surface area contributed by atoms with Crippen molar-refractivity contribution in [1.82, 2.24) is 10.3 Å². The maximum Gasteiger partial charge on any atom is 0.106 e. The molecule has 2 heterocycles. The molecular weight excluding hydrogens is 316 g/mol. The second-order valence-corrected chi connectivity index (χ2v) is 5.70. The van der Waals surface area contributed by atoms with Gasteiger partial charge in [-0.05, 0) is 45.6 Å². The normalized spacial score (nSPS) is 17.8. The molecule has 0 saturated carbocycles. The van der Waals surface area contributed by atoms with E-state index in [1.807, 2.05) is 18.2 Å². The van der Waals surface area contributed by atoms with Gasteiger partial charge >= 0.3 is 0 Å². The van der Waals surface area contributed by atoms with Crippen molar-refractivity contribution < 1.29 is 4.74 Å². The molecule has 1 aliphatic rings. The highest BCUT2D eigenvalue weighted by molar-refractivity contribution is 9.10. The first kappa shape index (κ1) is 13.7. The van der Waals surface area contributed by atoms with Gasteiger partial charge in [-0.25, -0.2) is 4.98 Å². The van der Waals surface area contributed by atoms with E-state index in [0.717, 1.165) is 36.4 Å². The summed E-state index contributed by atoms with van der Waals surface area (Å²) in [6.45, 7) is 2.37. The van der Waals surface area contributed by atoms with Gasteiger partial charge in [0.1, 0.15) is 4.60 Å². The fourth-order valence-corrected chi connectivity index (χ4v) is 2.91. The minimum absolute atomic E-state index is 0.145. The Labute approximate surface area is 127 Å². The zero-order valence-electron chi connectivity index (χ0n) is 11.2. The number of hydrogen-bond acceptors (Lipinski definition) is 3. The number of rotatable bonds is 4. The topological polar surface area (TPSA) is 34.1 Å². The van der Waals surface area contributed by atoms with Crippen LogP contribution >= 0.6 is 15.9 Å². The molecular formula is C16H17BrN2O. The lowest BCUT2D eigenvalue weighted by Crippen LogP contribution is -2.27. The molecule has 0 aliphatic carbocycles. The molecule has 0 radical (unpaired) electrons. The first-order chi connectivity index (χ1) is 9.83. The van der Waals surface area contributed by atoms with E-state index in [-0.39, 0.29) is 6.10 Å². The lowest BCUT2D eigenvalue weighted by Gasteiger charge is -2.26. The molecule has 1 aliphatic heterocycles. The second-order valence-electron chi connectivity index (χ2n) is 4.89. The van der Waals surface area contributed by atoms with Crippen molar-refractivity contribution in [1.29, 1.82) is 0 Å². The summed E-state index contributed by atoms with van der Waals surface area (Å²) in [6, 6.07) is 14.5. The summed E-state index contributed by atoms with van der Waals surface area (Å²) in [5.41, 5.74) is 3.75. The van der Waals surface area contributed by atoms with E-state index >= 15 is 0 Å². The highest BCUT2D eigenvalue weighted by Crippen LogP contribution is 2.26. The molecule has 1 atom stereocenters. The van der Waals surface area contributed by atoms with Gasteiger partial charge in [-0.15, -0.1) is 0 Å². The van der Waals surface area contributed by atoms with Crippen LogP contribution in [0.3, 0.4) is 0 Å². The average Bonchev–Trinajstić information content (AvgIpc) is 2.48. The second kappa shape index (κ2) is 6.48. The van der Waals surface area contributed by atoms with Crippen molar-refractivity contribution in [2.75, 3.05) is 13.2 Å². The van der Waals surface area contributed by atoms with Crippen LogP contribution in [0.2, 0.25) is 0 Å². The molecule has 3 rings (SSSR count). The van der Waals surface area contributed by atoms with Gasteiger partial charge in [0.25, 0.3) is 0 Å². The predicted octanol–water partition coefficient (Wildman–Crippen LogP) is 3.25. The van der Waals surface area contributed by atoms with Gasteiger partial charge in [-0.3, -0.25) is 0 Å². The van der Waals surface area contributed by atoms with E-state index in [4.69, 9.17) is 4.74 Å². The third-order valence-electron chi connectivity index (χ3n) is 3.50. The van der Waals surface area contributed by atoms with Crippen molar-refractivity contribution in [2.24, 2.45) is 0 Å². The van der Waals surface area contributed by atoms with Crippen LogP contribution in [-0.2, 0) is 17.7 Å². The fraction of sp³-hybridized carbons (Fsp3) is 0.312. The molecule has 104 valence electrons. The van der Waals surface area contributed by atoms with Gasteiger partial charge in [-0.2, -0.15) is 0 Å². The molecule has 0 bridgehead atoms. The van der Waals surface area contributed by atoms with Crippen LogP contribution in [0.15, 0.2) is 47.1 Å². The smallest absolute Gasteiger partial charge is 0.106 e. The van der Waals surface area contributed by atoms with Crippen molar-refractivity contribution in [3.05, 3.63) is 63.9 Å². The quantitative estimate of drug-likeness (QED) is 0.872. The summed E-state index contributed by atoms with van der Waals surface area (Å²) in [5.74, 6) is 0. The summed E-state index contributed by atoms with van der Waals surface area (Å²) in [6.07, 6.45) is 1.16. The third-order valence-corrected chi connectivity index (χ3v) is 3.94. The first-order valence-electron chi connectivity index (χ1n) is 6.84. The molecule has 1 unspecified atom stereocenters. The van der Waals surface area contributed by atoms with E-state index < -0.39 is 0 Å². The molecule has 1 aromatic heterocycles. The van der Waals surface area contributed by atoms with Crippen LogP contribution in [0.4, 0.5) is 0 Å². The van der Waals surface area contributed by atoms with Gasteiger partial charge in [0.2, 0.25) is 0 Å². The Kier molecular flexibility index (Phi) is 4.45. The van der Waals surface area contributed by atoms with Crippen molar-refractivity contribution in [2.45, 2.75) is 19.1 Å². The Morgan fingerprint density at radius 3 is 3.00 bits per heavy atom. The number of hydrogen-bond donors (Lipinski definition) is 1. The van der Waals surface area contributed by atoms with Crippen LogP contribution in [0.1, 0.15) is 22.9 Å². The van der Waals surface area contributed by atoms with Crippen molar-refractivity contribution >= 4 is 15.9 Å². The summed E-state index contributed by atoms with van der Waals surface area (Å²) in [5, 5.41) is 3.43. The lowest BCUT2D eigenvalue weighted by molar-refractivity contribution is 0.0423. The first-order valence-corrected chi connectivity index (χ1v) is 7.64. The Morgan fingerprint density at radius 2 is 2.10 bits per heavy atom. The highest BCUT2D eigenvalue weighted by atomic mass is 79.9. The van der Waals surface area contributed by atoms with Gasteiger partial charge in [-0.1, -0.05) is 30.3 Å².